The van der Waals surface area contributed by atoms with Crippen LogP contribution in [0.15, 0.2) is 24.3 Å². The molecule has 1 aromatic carbocycles. The number of hydrogen-bond acceptors (Lipinski definition) is 3. The van der Waals surface area contributed by atoms with Crippen LogP contribution in [0.25, 0.3) is 0 Å². The van der Waals surface area contributed by atoms with Crippen molar-refractivity contribution in [3.8, 4) is 5.75 Å². The molecule has 0 atom stereocenters. The molecule has 72 valence electrons. The van der Waals surface area contributed by atoms with Crippen molar-refractivity contribution in [1.29, 1.82) is 0 Å². The largest absolute Gasteiger partial charge is 0.507 e. The van der Waals surface area contributed by atoms with Crippen LogP contribution in [0.1, 0.15) is 10.4 Å². The molecule has 0 aliphatic heterocycles. The van der Waals surface area contributed by atoms with Gasteiger partial charge < -0.3 is 15.5 Å². The molecule has 0 saturated carbocycles. The fourth-order valence-corrected chi connectivity index (χ4v) is 0.654. The quantitative estimate of drug-likeness (QED) is 0.605. The second-order valence-electron chi connectivity index (χ2n) is 2.32. The average molecular weight is 183 g/mol. The molecule has 4 heteroatoms. The molecule has 1 aromatic rings. The molecule has 0 aliphatic carbocycles. The van der Waals surface area contributed by atoms with Gasteiger partial charge in [-0.1, -0.05) is 12.1 Å². The number of rotatable bonds is 1. The van der Waals surface area contributed by atoms with E-state index in [4.69, 9.17) is 10.2 Å². The topological polar surface area (TPSA) is 69.6 Å². The van der Waals surface area contributed by atoms with Crippen molar-refractivity contribution in [2.75, 3.05) is 14.1 Å². The molecule has 0 unspecified atom stereocenters. The van der Waals surface area contributed by atoms with E-state index in [0.29, 0.717) is 0 Å². The van der Waals surface area contributed by atoms with Crippen LogP contribution in [0.4, 0.5) is 0 Å². The van der Waals surface area contributed by atoms with Crippen LogP contribution in [0.5, 0.6) is 5.75 Å². The Morgan fingerprint density at radius 3 is 2.08 bits per heavy atom. The molecular formula is C9H13NO3. The van der Waals surface area contributed by atoms with Gasteiger partial charge in [0.1, 0.15) is 11.3 Å². The first-order valence-corrected chi connectivity index (χ1v) is 3.73. The van der Waals surface area contributed by atoms with E-state index in [-0.39, 0.29) is 11.3 Å². The SMILES string of the molecule is CNC.O=C(O)c1ccccc1O. The van der Waals surface area contributed by atoms with E-state index in [1.807, 2.05) is 14.1 Å². The monoisotopic (exact) mass is 183 g/mol. The lowest BCUT2D eigenvalue weighted by Gasteiger charge is -1.95. The second kappa shape index (κ2) is 6.02. The van der Waals surface area contributed by atoms with E-state index in [2.05, 4.69) is 5.32 Å². The van der Waals surface area contributed by atoms with Crippen LogP contribution in [0.3, 0.4) is 0 Å². The Labute approximate surface area is 76.8 Å². The first-order chi connectivity index (χ1) is 6.13. The molecule has 3 N–H and O–H groups in total. The summed E-state index contributed by atoms with van der Waals surface area (Å²) >= 11 is 0. The number of carbonyl (C=O) groups is 1. The summed E-state index contributed by atoms with van der Waals surface area (Å²) in [5.41, 5.74) is -0.0671. The number of carboxylic acids is 1. The fraction of sp³-hybridized carbons (Fsp3) is 0.222. The molecule has 0 spiro atoms. The van der Waals surface area contributed by atoms with E-state index in [1.54, 1.807) is 12.1 Å². The van der Waals surface area contributed by atoms with Gasteiger partial charge in [-0.25, -0.2) is 4.79 Å². The Morgan fingerprint density at radius 2 is 1.77 bits per heavy atom. The van der Waals surface area contributed by atoms with Crippen molar-refractivity contribution < 1.29 is 15.0 Å². The van der Waals surface area contributed by atoms with Gasteiger partial charge in [-0.2, -0.15) is 0 Å². The third kappa shape index (κ3) is 4.12. The summed E-state index contributed by atoms with van der Waals surface area (Å²) in [6.45, 7) is 0. The molecule has 0 aromatic heterocycles. The van der Waals surface area contributed by atoms with E-state index >= 15 is 0 Å². The number of carboxylic acid groups (broad SMARTS) is 1. The number of benzene rings is 1. The molecule has 0 bridgehead atoms. The Morgan fingerprint density at radius 1 is 1.31 bits per heavy atom. The molecule has 0 radical (unpaired) electrons. The molecule has 0 heterocycles. The maximum absolute atomic E-state index is 10.3. The number of nitrogens with one attached hydrogen (secondary N) is 1. The molecular weight excluding hydrogens is 170 g/mol. The Bertz CT molecular complexity index is 273. The zero-order valence-corrected chi connectivity index (χ0v) is 7.61. The van der Waals surface area contributed by atoms with Gasteiger partial charge in [0.2, 0.25) is 0 Å². The van der Waals surface area contributed by atoms with Crippen LogP contribution in [0, 0.1) is 0 Å². The van der Waals surface area contributed by atoms with Crippen molar-refractivity contribution in [1.82, 2.24) is 5.32 Å². The predicted molar refractivity (Wildman–Crippen MR) is 50.0 cm³/mol. The van der Waals surface area contributed by atoms with Crippen molar-refractivity contribution in [3.05, 3.63) is 29.8 Å². The zero-order chi connectivity index (χ0) is 10.3. The van der Waals surface area contributed by atoms with Crippen molar-refractivity contribution in [2.45, 2.75) is 0 Å². The van der Waals surface area contributed by atoms with Gasteiger partial charge in [0.15, 0.2) is 0 Å². The Kier molecular flexibility index (Phi) is 5.30. The highest BCUT2D eigenvalue weighted by molar-refractivity contribution is 5.90. The highest BCUT2D eigenvalue weighted by Crippen LogP contribution is 2.14. The first-order valence-electron chi connectivity index (χ1n) is 3.73. The molecule has 0 amide bonds. The summed E-state index contributed by atoms with van der Waals surface area (Å²) in [5.74, 6) is -1.31. The molecule has 4 nitrogen and oxygen atoms in total. The van der Waals surface area contributed by atoms with E-state index in [1.165, 1.54) is 12.1 Å². The zero-order valence-electron chi connectivity index (χ0n) is 7.61. The molecule has 0 fully saturated rings. The standard InChI is InChI=1S/C7H6O3.C2H7N/c8-6-4-2-1-3-5(6)7(9)10;1-3-2/h1-4,8H,(H,9,10);3H,1-2H3. The van der Waals surface area contributed by atoms with E-state index in [0.717, 1.165) is 0 Å². The average Bonchev–Trinajstić information content (AvgIpc) is 2.06. The lowest BCUT2D eigenvalue weighted by molar-refractivity contribution is 0.0694. The third-order valence-electron chi connectivity index (χ3n) is 1.13. The lowest BCUT2D eigenvalue weighted by atomic mass is 10.2. The fourth-order valence-electron chi connectivity index (χ4n) is 0.654. The van der Waals surface area contributed by atoms with Gasteiger partial charge in [-0.3, -0.25) is 0 Å². The van der Waals surface area contributed by atoms with Gasteiger partial charge in [0.25, 0.3) is 0 Å². The summed E-state index contributed by atoms with van der Waals surface area (Å²) in [6, 6.07) is 5.81. The Hall–Kier alpha value is -1.55. The minimum atomic E-state index is -1.11. The maximum Gasteiger partial charge on any atom is 0.339 e. The minimum absolute atomic E-state index is 0.0671. The summed E-state index contributed by atoms with van der Waals surface area (Å²) in [4.78, 5) is 10.3. The summed E-state index contributed by atoms with van der Waals surface area (Å²) in [7, 11) is 3.75. The van der Waals surface area contributed by atoms with Crippen molar-refractivity contribution >= 4 is 5.97 Å². The highest BCUT2D eigenvalue weighted by atomic mass is 16.4. The lowest BCUT2D eigenvalue weighted by Crippen LogP contribution is -1.95. The number of aromatic carboxylic acids is 1. The van der Waals surface area contributed by atoms with E-state index < -0.39 is 5.97 Å². The summed E-state index contributed by atoms with van der Waals surface area (Å²) in [5, 5.41) is 20.1. The van der Waals surface area contributed by atoms with Gasteiger partial charge in [0.05, 0.1) is 0 Å². The number of hydrogen-bond donors (Lipinski definition) is 3. The number of phenols is 1. The van der Waals surface area contributed by atoms with Crippen molar-refractivity contribution in [2.24, 2.45) is 0 Å². The number of aromatic hydroxyl groups is 1. The van der Waals surface area contributed by atoms with Gasteiger partial charge in [-0.05, 0) is 26.2 Å². The van der Waals surface area contributed by atoms with Crippen LogP contribution in [0.2, 0.25) is 0 Å². The van der Waals surface area contributed by atoms with Crippen molar-refractivity contribution in [3.63, 3.8) is 0 Å². The normalized spacial score (nSPS) is 8.46. The van der Waals surface area contributed by atoms with Crippen LogP contribution in [-0.4, -0.2) is 30.3 Å². The minimum Gasteiger partial charge on any atom is -0.507 e. The molecule has 1 rings (SSSR count). The van der Waals surface area contributed by atoms with Crippen LogP contribution < -0.4 is 5.32 Å². The highest BCUT2D eigenvalue weighted by Gasteiger charge is 2.05. The van der Waals surface area contributed by atoms with Crippen LogP contribution >= 0.6 is 0 Å². The summed E-state index contributed by atoms with van der Waals surface area (Å²) in [6.07, 6.45) is 0. The first kappa shape index (κ1) is 11.4. The van der Waals surface area contributed by atoms with E-state index in [9.17, 15) is 4.79 Å². The van der Waals surface area contributed by atoms with Gasteiger partial charge in [0, 0.05) is 0 Å². The molecule has 0 saturated heterocycles. The Balaban J connectivity index is 0.000000424. The van der Waals surface area contributed by atoms with Gasteiger partial charge in [-0.15, -0.1) is 0 Å². The predicted octanol–water partition coefficient (Wildman–Crippen LogP) is 0.926. The van der Waals surface area contributed by atoms with Crippen LogP contribution in [-0.2, 0) is 0 Å². The van der Waals surface area contributed by atoms with Gasteiger partial charge >= 0.3 is 5.97 Å². The second-order valence-corrected chi connectivity index (χ2v) is 2.32. The third-order valence-corrected chi connectivity index (χ3v) is 1.13. The smallest absolute Gasteiger partial charge is 0.339 e. The number of para-hydroxylation sites is 1. The maximum atomic E-state index is 10.3. The molecule has 0 aliphatic rings. The molecule has 13 heavy (non-hydrogen) atoms. The summed E-state index contributed by atoms with van der Waals surface area (Å²) < 4.78 is 0.